The molecule has 0 amide bonds. The van der Waals surface area contributed by atoms with E-state index in [1.165, 1.54) is 0 Å². The Kier molecular flexibility index (Phi) is 4.43. The molecule has 19 heavy (non-hydrogen) atoms. The highest BCUT2D eigenvalue weighted by molar-refractivity contribution is 5.03. The molecule has 0 rings (SSSR count). The van der Waals surface area contributed by atoms with Gasteiger partial charge in [0, 0.05) is 0 Å². The van der Waals surface area contributed by atoms with Gasteiger partial charge in [0.1, 0.15) is 0 Å². The van der Waals surface area contributed by atoms with Gasteiger partial charge in [0.05, 0.1) is 6.61 Å². The van der Waals surface area contributed by atoms with E-state index in [0.29, 0.717) is 6.92 Å². The number of rotatable bonds is 5. The number of alkyl halides is 11. The summed E-state index contributed by atoms with van der Waals surface area (Å²) in [7, 11) is 0. The molecule has 0 aromatic carbocycles. The Morgan fingerprint density at radius 1 is 0.632 bits per heavy atom. The Balaban J connectivity index is 5.77. The molecule has 0 fully saturated rings. The van der Waals surface area contributed by atoms with Gasteiger partial charge in [0.25, 0.3) is 0 Å². The first kappa shape index (κ1) is 18.2. The van der Waals surface area contributed by atoms with Gasteiger partial charge in [-0.2, -0.15) is 48.3 Å². The quantitative estimate of drug-likeness (QED) is 0.695. The predicted molar refractivity (Wildman–Crippen MR) is 37.5 cm³/mol. The molecule has 0 aromatic rings. The van der Waals surface area contributed by atoms with Gasteiger partial charge >= 0.3 is 30.1 Å². The van der Waals surface area contributed by atoms with Crippen LogP contribution in [0.4, 0.5) is 48.3 Å². The normalized spacial score (nSPS) is 15.8. The van der Waals surface area contributed by atoms with Gasteiger partial charge in [-0.3, -0.25) is 0 Å². The zero-order valence-electron chi connectivity index (χ0n) is 8.77. The smallest absolute Gasteiger partial charge is 0.316 e. The SMILES string of the molecule is CCOC(F)(F)C(F)(F)C(F)(F)C(F)(F)C(F)(F)F. The second-order valence-corrected chi connectivity index (χ2v) is 3.17. The van der Waals surface area contributed by atoms with Crippen LogP contribution in [0, 0.1) is 0 Å². The van der Waals surface area contributed by atoms with Gasteiger partial charge < -0.3 is 4.74 Å². The number of hydrogen-bond acceptors (Lipinski definition) is 1. The van der Waals surface area contributed by atoms with Crippen molar-refractivity contribution in [3.8, 4) is 0 Å². The van der Waals surface area contributed by atoms with Gasteiger partial charge in [-0.25, -0.2) is 0 Å². The van der Waals surface area contributed by atoms with Crippen LogP contribution in [-0.4, -0.2) is 36.7 Å². The molecule has 0 bridgehead atoms. The molecule has 0 N–H and O–H groups in total. The summed E-state index contributed by atoms with van der Waals surface area (Å²) in [6.07, 6.45) is -13.4. The van der Waals surface area contributed by atoms with Gasteiger partial charge in [-0.05, 0) is 6.92 Å². The average molecular weight is 314 g/mol. The van der Waals surface area contributed by atoms with Crippen molar-refractivity contribution in [2.45, 2.75) is 37.0 Å². The molecule has 0 aliphatic carbocycles. The summed E-state index contributed by atoms with van der Waals surface area (Å²) in [6.45, 7) is -0.708. The van der Waals surface area contributed by atoms with E-state index in [9.17, 15) is 48.3 Å². The zero-order valence-corrected chi connectivity index (χ0v) is 8.77. The van der Waals surface area contributed by atoms with Crippen molar-refractivity contribution < 1.29 is 53.0 Å². The molecule has 0 radical (unpaired) electrons. The number of ether oxygens (including phenoxy) is 1. The number of halogens is 11. The van der Waals surface area contributed by atoms with Crippen molar-refractivity contribution in [2.75, 3.05) is 6.61 Å². The van der Waals surface area contributed by atoms with E-state index >= 15 is 0 Å². The molecule has 116 valence electrons. The molecule has 0 aromatic heterocycles. The average Bonchev–Trinajstić information content (AvgIpc) is 2.14. The molecule has 0 saturated carbocycles. The van der Waals surface area contributed by atoms with Crippen molar-refractivity contribution in [3.05, 3.63) is 0 Å². The standard InChI is InChI=1S/C7H5F11O/c1-2-19-7(17,18)5(12,13)3(8,9)4(10,11)6(14,15)16/h2H2,1H3. The van der Waals surface area contributed by atoms with E-state index in [-0.39, 0.29) is 0 Å². The summed E-state index contributed by atoms with van der Waals surface area (Å²) in [5, 5.41) is 0. The van der Waals surface area contributed by atoms with Crippen LogP contribution in [0.2, 0.25) is 0 Å². The molecular weight excluding hydrogens is 309 g/mol. The van der Waals surface area contributed by atoms with Gasteiger partial charge in [0.2, 0.25) is 0 Å². The summed E-state index contributed by atoms with van der Waals surface area (Å²) in [5.74, 6) is -21.9. The second-order valence-electron chi connectivity index (χ2n) is 3.17. The monoisotopic (exact) mass is 314 g/mol. The molecule has 1 nitrogen and oxygen atoms in total. The van der Waals surface area contributed by atoms with Gasteiger partial charge in [0.15, 0.2) is 0 Å². The summed E-state index contributed by atoms with van der Waals surface area (Å²) in [5.41, 5.74) is 0. The van der Waals surface area contributed by atoms with E-state index in [1.54, 1.807) is 0 Å². The minimum atomic E-state index is -7.41. The maximum atomic E-state index is 12.6. The predicted octanol–water partition coefficient (Wildman–Crippen LogP) is 4.08. The highest BCUT2D eigenvalue weighted by Crippen LogP contribution is 2.57. The fourth-order valence-electron chi connectivity index (χ4n) is 0.830. The van der Waals surface area contributed by atoms with Gasteiger partial charge in [-0.15, -0.1) is 0 Å². The topological polar surface area (TPSA) is 9.23 Å². The molecule has 0 heterocycles. The van der Waals surface area contributed by atoms with Crippen molar-refractivity contribution in [3.63, 3.8) is 0 Å². The van der Waals surface area contributed by atoms with Crippen LogP contribution in [-0.2, 0) is 4.74 Å². The fourth-order valence-corrected chi connectivity index (χ4v) is 0.830. The summed E-state index contributed by atoms with van der Waals surface area (Å²) in [4.78, 5) is 0. The molecule has 0 aliphatic heterocycles. The summed E-state index contributed by atoms with van der Waals surface area (Å²) in [6, 6.07) is 0. The maximum absolute atomic E-state index is 12.6. The van der Waals surface area contributed by atoms with Crippen LogP contribution in [0.25, 0.3) is 0 Å². The maximum Gasteiger partial charge on any atom is 0.460 e. The minimum Gasteiger partial charge on any atom is -0.316 e. The first-order chi connectivity index (χ1) is 8.06. The van der Waals surface area contributed by atoms with E-state index in [4.69, 9.17) is 0 Å². The van der Waals surface area contributed by atoms with Crippen LogP contribution in [0.15, 0.2) is 0 Å². The van der Waals surface area contributed by atoms with Crippen LogP contribution in [0.1, 0.15) is 6.92 Å². The first-order valence-corrected chi connectivity index (χ1v) is 4.28. The lowest BCUT2D eigenvalue weighted by molar-refractivity contribution is -0.456. The van der Waals surface area contributed by atoms with Crippen molar-refractivity contribution in [1.82, 2.24) is 0 Å². The summed E-state index contributed by atoms with van der Waals surface area (Å²) < 4.78 is 137. The second kappa shape index (κ2) is 4.63. The first-order valence-electron chi connectivity index (χ1n) is 4.28. The highest BCUT2D eigenvalue weighted by Gasteiger charge is 2.87. The number of hydrogen-bond donors (Lipinski definition) is 0. The molecule has 0 atom stereocenters. The molecule has 0 unspecified atom stereocenters. The Labute approximate surface area is 97.9 Å². The largest absolute Gasteiger partial charge is 0.460 e. The van der Waals surface area contributed by atoms with Gasteiger partial charge in [-0.1, -0.05) is 0 Å². The Hall–Kier alpha value is -0.810. The minimum absolute atomic E-state index is 0.615. The van der Waals surface area contributed by atoms with E-state index < -0.39 is 36.7 Å². The third kappa shape index (κ3) is 2.58. The van der Waals surface area contributed by atoms with Crippen LogP contribution >= 0.6 is 0 Å². The molecule has 0 aliphatic rings. The molecule has 0 spiro atoms. The third-order valence-electron chi connectivity index (χ3n) is 1.84. The third-order valence-corrected chi connectivity index (χ3v) is 1.84. The lowest BCUT2D eigenvalue weighted by atomic mass is 10.0. The Morgan fingerprint density at radius 3 is 1.26 bits per heavy atom. The van der Waals surface area contributed by atoms with Crippen molar-refractivity contribution >= 4 is 0 Å². The Morgan fingerprint density at radius 2 is 1.00 bits per heavy atom. The highest BCUT2D eigenvalue weighted by atomic mass is 19.4. The van der Waals surface area contributed by atoms with Crippen molar-refractivity contribution in [1.29, 1.82) is 0 Å². The summed E-state index contributed by atoms with van der Waals surface area (Å²) >= 11 is 0. The van der Waals surface area contributed by atoms with E-state index in [0.717, 1.165) is 0 Å². The Bertz CT molecular complexity index is 317. The fraction of sp³-hybridized carbons (Fsp3) is 1.00. The van der Waals surface area contributed by atoms with E-state index in [2.05, 4.69) is 4.74 Å². The van der Waals surface area contributed by atoms with Crippen molar-refractivity contribution in [2.24, 2.45) is 0 Å². The van der Waals surface area contributed by atoms with Crippen LogP contribution in [0.3, 0.4) is 0 Å². The van der Waals surface area contributed by atoms with E-state index in [1.807, 2.05) is 0 Å². The zero-order chi connectivity index (χ0) is 15.9. The van der Waals surface area contributed by atoms with Crippen LogP contribution < -0.4 is 0 Å². The molecular formula is C7H5F11O. The molecule has 0 saturated heterocycles. The van der Waals surface area contributed by atoms with Crippen LogP contribution in [0.5, 0.6) is 0 Å². The lowest BCUT2D eigenvalue weighted by Crippen LogP contribution is -2.66. The molecule has 12 heteroatoms. The lowest BCUT2D eigenvalue weighted by Gasteiger charge is -2.36.